The number of nitrogens with one attached hydrogen (secondary N) is 1. The molecule has 7 nitrogen and oxygen atoms in total. The maximum Gasteiger partial charge on any atom is 0.238 e. The van der Waals surface area contributed by atoms with E-state index in [9.17, 15) is 4.79 Å². The summed E-state index contributed by atoms with van der Waals surface area (Å²) in [5.41, 5.74) is 2.13. The van der Waals surface area contributed by atoms with Crippen LogP contribution in [0.25, 0.3) is 0 Å². The molecule has 1 N–H and O–H groups in total. The number of amides is 1. The van der Waals surface area contributed by atoms with Crippen molar-refractivity contribution in [2.24, 2.45) is 5.92 Å². The molecule has 1 aliphatic heterocycles. The van der Waals surface area contributed by atoms with Gasteiger partial charge in [0.1, 0.15) is 11.9 Å². The average molecular weight is 494 g/mol. The molecule has 3 aromatic rings. The highest BCUT2D eigenvalue weighted by atomic mass is 19.1. The molecule has 2 aromatic carbocycles. The fourth-order valence-electron chi connectivity index (χ4n) is 4.70. The number of nitrogens with zero attached hydrogens (tertiary/aromatic N) is 4. The van der Waals surface area contributed by atoms with Gasteiger partial charge in [0.05, 0.1) is 5.69 Å². The first-order valence-electron chi connectivity index (χ1n) is 12.9. The fourth-order valence-corrected chi connectivity index (χ4v) is 4.70. The molecule has 1 aromatic heterocycles. The number of carbonyl (C=O) groups is 1. The van der Waals surface area contributed by atoms with Crippen LogP contribution in [0.2, 0.25) is 0 Å². The Morgan fingerprint density at radius 2 is 1.67 bits per heavy atom. The normalized spacial score (nSPS) is 15.5. The Balaban J connectivity index is 1.46. The summed E-state index contributed by atoms with van der Waals surface area (Å²) in [4.78, 5) is 16.7. The number of hydrogen-bond donors (Lipinski definition) is 1. The summed E-state index contributed by atoms with van der Waals surface area (Å²) in [5.74, 6) is 0.919. The van der Waals surface area contributed by atoms with Crippen LogP contribution in [0, 0.1) is 11.7 Å². The first kappa shape index (κ1) is 25.8. The molecule has 1 amide bonds. The van der Waals surface area contributed by atoms with E-state index in [0.29, 0.717) is 49.3 Å². The van der Waals surface area contributed by atoms with E-state index in [1.54, 1.807) is 12.1 Å². The molecule has 0 radical (unpaired) electrons. The summed E-state index contributed by atoms with van der Waals surface area (Å²) in [6.07, 6.45) is 1.53. The van der Waals surface area contributed by atoms with Crippen molar-refractivity contribution >= 4 is 17.3 Å². The molecule has 0 saturated carbocycles. The van der Waals surface area contributed by atoms with Gasteiger partial charge in [-0.05, 0) is 36.6 Å². The van der Waals surface area contributed by atoms with E-state index in [2.05, 4.69) is 32.5 Å². The Labute approximate surface area is 212 Å². The second-order valence-electron chi connectivity index (χ2n) is 9.64. The predicted octanol–water partition coefficient (Wildman–Crippen LogP) is 5.62. The Hall–Kier alpha value is -3.26. The van der Waals surface area contributed by atoms with Gasteiger partial charge < -0.3 is 14.6 Å². The van der Waals surface area contributed by atoms with Crippen LogP contribution < -0.4 is 10.2 Å². The summed E-state index contributed by atoms with van der Waals surface area (Å²) in [6, 6.07) is 15.0. The number of anilines is 2. The van der Waals surface area contributed by atoms with E-state index in [4.69, 9.17) is 4.42 Å². The maximum absolute atomic E-state index is 15.1. The third kappa shape index (κ3) is 5.75. The van der Waals surface area contributed by atoms with E-state index < -0.39 is 0 Å². The molecule has 8 heteroatoms. The second kappa shape index (κ2) is 11.6. The first-order valence-corrected chi connectivity index (χ1v) is 12.9. The standard InChI is InChI=1S/C28H36FN5O2/c1-5-20(6-2)26(35)30-22-12-13-24(23(29)18-22)33-14-16-34(17-15-33)25(21-10-8-7-9-11-21)28-32-31-27(36-28)19(3)4/h7-13,18-20,25H,5-6,14-17H2,1-4H3,(H,30,35). The van der Waals surface area contributed by atoms with Gasteiger partial charge in [-0.2, -0.15) is 0 Å². The topological polar surface area (TPSA) is 74.5 Å². The summed E-state index contributed by atoms with van der Waals surface area (Å²) in [7, 11) is 0. The van der Waals surface area contributed by atoms with Crippen molar-refractivity contribution < 1.29 is 13.6 Å². The number of aromatic nitrogens is 2. The molecule has 1 atom stereocenters. The fraction of sp³-hybridized carbons (Fsp3) is 0.464. The molecular weight excluding hydrogens is 457 g/mol. The van der Waals surface area contributed by atoms with E-state index >= 15 is 4.39 Å². The third-order valence-electron chi connectivity index (χ3n) is 6.89. The van der Waals surface area contributed by atoms with Crippen molar-refractivity contribution in [3.8, 4) is 0 Å². The zero-order chi connectivity index (χ0) is 25.7. The monoisotopic (exact) mass is 493 g/mol. The van der Waals surface area contributed by atoms with Crippen LogP contribution in [-0.2, 0) is 4.79 Å². The third-order valence-corrected chi connectivity index (χ3v) is 6.89. The number of rotatable bonds is 9. The molecular formula is C28H36FN5O2. The first-order chi connectivity index (χ1) is 17.4. The lowest BCUT2D eigenvalue weighted by Gasteiger charge is -2.39. The van der Waals surface area contributed by atoms with E-state index in [1.165, 1.54) is 6.07 Å². The molecule has 1 fully saturated rings. The molecule has 36 heavy (non-hydrogen) atoms. The second-order valence-corrected chi connectivity index (χ2v) is 9.64. The largest absolute Gasteiger partial charge is 0.423 e. The number of hydrogen-bond acceptors (Lipinski definition) is 6. The smallest absolute Gasteiger partial charge is 0.238 e. The van der Waals surface area contributed by atoms with Crippen LogP contribution in [0.1, 0.15) is 69.8 Å². The minimum Gasteiger partial charge on any atom is -0.423 e. The molecule has 0 spiro atoms. The van der Waals surface area contributed by atoms with Crippen LogP contribution in [0.4, 0.5) is 15.8 Å². The van der Waals surface area contributed by atoms with E-state index in [-0.39, 0.29) is 29.6 Å². The molecule has 0 aliphatic carbocycles. The summed E-state index contributed by atoms with van der Waals surface area (Å²) >= 11 is 0. The van der Waals surface area contributed by atoms with Gasteiger partial charge in [-0.15, -0.1) is 10.2 Å². The minimum absolute atomic E-state index is 0.0608. The van der Waals surface area contributed by atoms with Crippen molar-refractivity contribution in [3.63, 3.8) is 0 Å². The number of piperazine rings is 1. The van der Waals surface area contributed by atoms with Gasteiger partial charge in [-0.25, -0.2) is 4.39 Å². The SMILES string of the molecule is CCC(CC)C(=O)Nc1ccc(N2CCN(C(c3ccccc3)c3nnc(C(C)C)o3)CC2)c(F)c1. The lowest BCUT2D eigenvalue weighted by atomic mass is 10.0. The lowest BCUT2D eigenvalue weighted by molar-refractivity contribution is -0.120. The molecule has 1 saturated heterocycles. The van der Waals surface area contributed by atoms with Gasteiger partial charge in [0, 0.05) is 43.7 Å². The highest BCUT2D eigenvalue weighted by Crippen LogP contribution is 2.31. The van der Waals surface area contributed by atoms with Gasteiger partial charge in [-0.3, -0.25) is 9.69 Å². The quantitative estimate of drug-likeness (QED) is 0.417. The molecule has 2 heterocycles. The Morgan fingerprint density at radius 3 is 2.25 bits per heavy atom. The van der Waals surface area contributed by atoms with Gasteiger partial charge in [0.25, 0.3) is 0 Å². The minimum atomic E-state index is -0.330. The number of carbonyl (C=O) groups excluding carboxylic acids is 1. The summed E-state index contributed by atoms with van der Waals surface area (Å²) in [6.45, 7) is 10.8. The van der Waals surface area contributed by atoms with Gasteiger partial charge in [-0.1, -0.05) is 58.0 Å². The molecule has 0 bridgehead atoms. The average Bonchev–Trinajstić information content (AvgIpc) is 3.36. The summed E-state index contributed by atoms with van der Waals surface area (Å²) < 4.78 is 21.1. The van der Waals surface area contributed by atoms with Crippen LogP contribution >= 0.6 is 0 Å². The van der Waals surface area contributed by atoms with Gasteiger partial charge in [0.15, 0.2) is 0 Å². The van der Waals surface area contributed by atoms with Crippen molar-refractivity contribution in [1.29, 1.82) is 0 Å². The molecule has 4 rings (SSSR count). The summed E-state index contributed by atoms with van der Waals surface area (Å²) in [5, 5.41) is 11.5. The van der Waals surface area contributed by atoms with Crippen LogP contribution in [0.3, 0.4) is 0 Å². The zero-order valence-electron chi connectivity index (χ0n) is 21.6. The maximum atomic E-state index is 15.1. The van der Waals surface area contributed by atoms with Gasteiger partial charge in [0.2, 0.25) is 17.7 Å². The van der Waals surface area contributed by atoms with Crippen molar-refractivity contribution in [2.75, 3.05) is 36.4 Å². The van der Waals surface area contributed by atoms with Crippen molar-refractivity contribution in [2.45, 2.75) is 52.5 Å². The highest BCUT2D eigenvalue weighted by molar-refractivity contribution is 5.92. The van der Waals surface area contributed by atoms with Crippen molar-refractivity contribution in [1.82, 2.24) is 15.1 Å². The highest BCUT2D eigenvalue weighted by Gasteiger charge is 2.31. The lowest BCUT2D eigenvalue weighted by Crippen LogP contribution is -2.48. The van der Waals surface area contributed by atoms with Crippen LogP contribution in [0.15, 0.2) is 52.9 Å². The molecule has 1 unspecified atom stereocenters. The Bertz CT molecular complexity index is 1140. The number of halogens is 1. The Morgan fingerprint density at radius 1 is 1.00 bits per heavy atom. The molecule has 192 valence electrons. The Kier molecular flexibility index (Phi) is 8.36. The predicted molar refractivity (Wildman–Crippen MR) is 140 cm³/mol. The van der Waals surface area contributed by atoms with E-state index in [0.717, 1.165) is 18.4 Å². The number of benzene rings is 2. The van der Waals surface area contributed by atoms with Crippen molar-refractivity contribution in [3.05, 3.63) is 71.7 Å². The zero-order valence-corrected chi connectivity index (χ0v) is 21.6. The van der Waals surface area contributed by atoms with Crippen LogP contribution in [0.5, 0.6) is 0 Å². The molecule has 1 aliphatic rings. The van der Waals surface area contributed by atoms with E-state index in [1.807, 2.05) is 50.8 Å². The van der Waals surface area contributed by atoms with Crippen LogP contribution in [-0.4, -0.2) is 47.2 Å². The van der Waals surface area contributed by atoms with Gasteiger partial charge >= 0.3 is 0 Å².